The van der Waals surface area contributed by atoms with Gasteiger partial charge in [-0.15, -0.1) is 13.2 Å². The zero-order valence-electron chi connectivity index (χ0n) is 14.0. The fourth-order valence-electron chi connectivity index (χ4n) is 2.27. The second-order valence-corrected chi connectivity index (χ2v) is 5.69. The first-order chi connectivity index (χ1) is 12.2. The highest BCUT2D eigenvalue weighted by atomic mass is 19.4. The number of alkyl halides is 3. The van der Waals surface area contributed by atoms with Crippen molar-refractivity contribution in [3.05, 3.63) is 65.7 Å². The number of esters is 1. The summed E-state index contributed by atoms with van der Waals surface area (Å²) in [5, 5.41) is 0. The van der Waals surface area contributed by atoms with Crippen molar-refractivity contribution in [2.75, 3.05) is 0 Å². The molecule has 1 atom stereocenters. The van der Waals surface area contributed by atoms with Crippen LogP contribution in [0.15, 0.2) is 54.6 Å². The number of hydrogen-bond acceptors (Lipinski definition) is 4. The first-order valence-corrected chi connectivity index (χ1v) is 7.84. The van der Waals surface area contributed by atoms with Crippen molar-refractivity contribution in [2.24, 2.45) is 5.92 Å². The number of ketones is 1. The molecule has 0 amide bonds. The molecule has 2 aromatic carbocycles. The smallest absolute Gasteiger partial charge is 0.461 e. The number of halogens is 3. The third-order valence-corrected chi connectivity index (χ3v) is 3.52. The summed E-state index contributed by atoms with van der Waals surface area (Å²) in [6.45, 7) is 1.61. The highest BCUT2D eigenvalue weighted by Gasteiger charge is 2.31. The second-order valence-electron chi connectivity index (χ2n) is 5.69. The highest BCUT2D eigenvalue weighted by Crippen LogP contribution is 2.24. The van der Waals surface area contributed by atoms with Crippen LogP contribution >= 0.6 is 0 Å². The average Bonchev–Trinajstić information content (AvgIpc) is 2.59. The van der Waals surface area contributed by atoms with Crippen LogP contribution in [-0.4, -0.2) is 18.1 Å². The van der Waals surface area contributed by atoms with Crippen LogP contribution < -0.4 is 4.74 Å². The lowest BCUT2D eigenvalue weighted by molar-refractivity contribution is -0.274. The first-order valence-electron chi connectivity index (χ1n) is 7.84. The molecular formula is C19H17F3O4. The van der Waals surface area contributed by atoms with Crippen LogP contribution in [0.4, 0.5) is 13.2 Å². The first kappa shape index (κ1) is 19.5. The van der Waals surface area contributed by atoms with Gasteiger partial charge in [-0.25, -0.2) is 0 Å². The van der Waals surface area contributed by atoms with E-state index in [1.807, 2.05) is 18.2 Å². The van der Waals surface area contributed by atoms with Crippen molar-refractivity contribution in [1.29, 1.82) is 0 Å². The Hall–Kier alpha value is -2.83. The quantitative estimate of drug-likeness (QED) is 0.533. The third-order valence-electron chi connectivity index (χ3n) is 3.52. The number of carbonyl (C=O) groups excluding carboxylic acids is 2. The minimum Gasteiger partial charge on any atom is -0.461 e. The van der Waals surface area contributed by atoms with Gasteiger partial charge in [-0.05, 0) is 17.7 Å². The van der Waals surface area contributed by atoms with Gasteiger partial charge >= 0.3 is 12.3 Å². The lowest BCUT2D eigenvalue weighted by Gasteiger charge is -2.12. The lowest BCUT2D eigenvalue weighted by atomic mass is 9.96. The van der Waals surface area contributed by atoms with Gasteiger partial charge in [0.25, 0.3) is 0 Å². The molecule has 0 aliphatic rings. The molecule has 0 saturated carbocycles. The number of rotatable bonds is 7. The van der Waals surface area contributed by atoms with E-state index in [-0.39, 0.29) is 18.6 Å². The van der Waals surface area contributed by atoms with Gasteiger partial charge in [0.15, 0.2) is 5.78 Å². The Balaban J connectivity index is 1.92. The van der Waals surface area contributed by atoms with Crippen molar-refractivity contribution in [2.45, 2.75) is 26.3 Å². The molecule has 0 aromatic heterocycles. The summed E-state index contributed by atoms with van der Waals surface area (Å²) in [6, 6.07) is 13.8. The maximum absolute atomic E-state index is 12.3. The van der Waals surface area contributed by atoms with Crippen LogP contribution in [0.1, 0.15) is 29.3 Å². The number of benzene rings is 2. The maximum Gasteiger partial charge on any atom is 0.573 e. The van der Waals surface area contributed by atoms with E-state index in [2.05, 4.69) is 4.74 Å². The van der Waals surface area contributed by atoms with E-state index in [1.54, 1.807) is 12.1 Å². The molecule has 0 bridgehead atoms. The second kappa shape index (κ2) is 8.51. The van der Waals surface area contributed by atoms with Crippen molar-refractivity contribution in [3.63, 3.8) is 0 Å². The summed E-state index contributed by atoms with van der Waals surface area (Å²) < 4.78 is 45.7. The highest BCUT2D eigenvalue weighted by molar-refractivity contribution is 5.99. The van der Waals surface area contributed by atoms with Crippen molar-refractivity contribution >= 4 is 11.8 Å². The SMILES string of the molecule is C[C@H](CC(=O)OCc1ccccc1)C(=O)c1cccc(OC(F)(F)F)c1. The van der Waals surface area contributed by atoms with Crippen LogP contribution in [0.5, 0.6) is 5.75 Å². The van der Waals surface area contributed by atoms with Crippen molar-refractivity contribution in [3.8, 4) is 5.75 Å². The largest absolute Gasteiger partial charge is 0.573 e. The van der Waals surface area contributed by atoms with Gasteiger partial charge in [-0.1, -0.05) is 49.4 Å². The summed E-state index contributed by atoms with van der Waals surface area (Å²) in [5.41, 5.74) is 0.854. The Kier molecular flexibility index (Phi) is 6.38. The molecule has 7 heteroatoms. The summed E-state index contributed by atoms with van der Waals surface area (Å²) >= 11 is 0. The molecule has 2 rings (SSSR count). The minimum atomic E-state index is -4.84. The van der Waals surface area contributed by atoms with Gasteiger partial charge in [0.1, 0.15) is 12.4 Å². The Morgan fingerprint density at radius 3 is 2.38 bits per heavy atom. The fraction of sp³-hybridized carbons (Fsp3) is 0.263. The van der Waals surface area contributed by atoms with Gasteiger partial charge in [-0.2, -0.15) is 0 Å². The monoisotopic (exact) mass is 366 g/mol. The molecule has 4 nitrogen and oxygen atoms in total. The Bertz CT molecular complexity index is 757. The maximum atomic E-state index is 12.3. The molecule has 0 unspecified atom stereocenters. The molecule has 0 heterocycles. The summed E-state index contributed by atoms with van der Waals surface area (Å²) in [6.07, 6.45) is -5.01. The third kappa shape index (κ3) is 6.23. The predicted octanol–water partition coefficient (Wildman–Crippen LogP) is 4.54. The van der Waals surface area contributed by atoms with E-state index in [1.165, 1.54) is 19.1 Å². The Labute approximate surface area is 148 Å². The van der Waals surface area contributed by atoms with Crippen LogP contribution in [0.3, 0.4) is 0 Å². The van der Waals surface area contributed by atoms with Crippen LogP contribution in [0.2, 0.25) is 0 Å². The molecule has 138 valence electrons. The molecule has 0 saturated heterocycles. The zero-order valence-corrected chi connectivity index (χ0v) is 14.0. The standard InChI is InChI=1S/C19H17F3O4/c1-13(10-17(23)25-12-14-6-3-2-4-7-14)18(24)15-8-5-9-16(11-15)26-19(20,21)22/h2-9,11,13H,10,12H2,1H3/t13-/m1/s1. The minimum absolute atomic E-state index is 0.0371. The molecule has 0 N–H and O–H groups in total. The van der Waals surface area contributed by atoms with Crippen LogP contribution in [0, 0.1) is 5.92 Å². The van der Waals surface area contributed by atoms with Crippen LogP contribution in [0.25, 0.3) is 0 Å². The van der Waals surface area contributed by atoms with E-state index < -0.39 is 29.8 Å². The number of Topliss-reactive ketones (excluding diaryl/α,β-unsaturated/α-hetero) is 1. The Morgan fingerprint density at radius 1 is 1.04 bits per heavy atom. The normalized spacial score (nSPS) is 12.3. The van der Waals surface area contributed by atoms with Gasteiger partial charge in [0.2, 0.25) is 0 Å². The fourth-order valence-corrected chi connectivity index (χ4v) is 2.27. The van der Waals surface area contributed by atoms with E-state index in [4.69, 9.17) is 4.74 Å². The topological polar surface area (TPSA) is 52.6 Å². The summed E-state index contributed by atoms with van der Waals surface area (Å²) in [4.78, 5) is 24.2. The van der Waals surface area contributed by atoms with E-state index in [9.17, 15) is 22.8 Å². The number of carbonyl (C=O) groups is 2. The summed E-state index contributed by atoms with van der Waals surface area (Å²) in [5.74, 6) is -2.24. The van der Waals surface area contributed by atoms with Gasteiger partial charge in [-0.3, -0.25) is 9.59 Å². The molecule has 2 aromatic rings. The summed E-state index contributed by atoms with van der Waals surface area (Å²) in [7, 11) is 0. The molecule has 0 aliphatic heterocycles. The zero-order chi connectivity index (χ0) is 19.2. The molecule has 26 heavy (non-hydrogen) atoms. The van der Waals surface area contributed by atoms with Crippen LogP contribution in [-0.2, 0) is 16.1 Å². The van der Waals surface area contributed by atoms with Gasteiger partial charge in [0.05, 0.1) is 6.42 Å². The van der Waals surface area contributed by atoms with Crippen molar-refractivity contribution < 1.29 is 32.2 Å². The van der Waals surface area contributed by atoms with Gasteiger partial charge in [0, 0.05) is 11.5 Å². The average molecular weight is 366 g/mol. The molecule has 0 aliphatic carbocycles. The number of hydrogen-bond donors (Lipinski definition) is 0. The predicted molar refractivity (Wildman–Crippen MR) is 87.5 cm³/mol. The molecule has 0 spiro atoms. The van der Waals surface area contributed by atoms with E-state index in [0.717, 1.165) is 17.7 Å². The van der Waals surface area contributed by atoms with E-state index >= 15 is 0 Å². The van der Waals surface area contributed by atoms with Gasteiger partial charge < -0.3 is 9.47 Å². The molecule has 0 radical (unpaired) electrons. The lowest BCUT2D eigenvalue weighted by Crippen LogP contribution is -2.19. The molecular weight excluding hydrogens is 349 g/mol. The van der Waals surface area contributed by atoms with Crippen molar-refractivity contribution in [1.82, 2.24) is 0 Å². The van der Waals surface area contributed by atoms with E-state index in [0.29, 0.717) is 0 Å². The number of ether oxygens (including phenoxy) is 2. The Morgan fingerprint density at radius 2 is 1.73 bits per heavy atom. The molecule has 0 fully saturated rings.